The smallest absolute Gasteiger partial charge is 0.125 e. The lowest BCUT2D eigenvalue weighted by Crippen LogP contribution is -2.26. The van der Waals surface area contributed by atoms with E-state index in [4.69, 9.17) is 9.97 Å². The van der Waals surface area contributed by atoms with E-state index in [0.29, 0.717) is 11.4 Å². The third kappa shape index (κ3) is 4.77. The van der Waals surface area contributed by atoms with Gasteiger partial charge in [0.05, 0.1) is 45.9 Å². The second kappa shape index (κ2) is 9.73. The van der Waals surface area contributed by atoms with Crippen molar-refractivity contribution in [3.05, 3.63) is 71.9 Å². The van der Waals surface area contributed by atoms with E-state index in [2.05, 4.69) is 62.5 Å². The third-order valence-corrected chi connectivity index (χ3v) is 7.39. The van der Waals surface area contributed by atoms with Gasteiger partial charge < -0.3 is 9.80 Å². The fraction of sp³-hybridized carbons (Fsp3) is 0.387. The Bertz CT molecular complexity index is 1430. The maximum absolute atomic E-state index is 14.4. The SMILES string of the molecule is Cc1c(-c2ccccn2)nc2cc(F)ccc2c1N1CC(C)(C)c2ncc(N(C)CCCC(C)C)cc21. The van der Waals surface area contributed by atoms with E-state index in [-0.39, 0.29) is 11.2 Å². The molecule has 0 saturated heterocycles. The van der Waals surface area contributed by atoms with E-state index >= 15 is 0 Å². The van der Waals surface area contributed by atoms with E-state index in [1.165, 1.54) is 18.6 Å². The van der Waals surface area contributed by atoms with Crippen LogP contribution in [0, 0.1) is 18.7 Å². The largest absolute Gasteiger partial charge is 0.373 e. The number of aromatic nitrogens is 3. The molecule has 0 fully saturated rings. The lowest BCUT2D eigenvalue weighted by Gasteiger charge is -2.27. The summed E-state index contributed by atoms with van der Waals surface area (Å²) < 4.78 is 14.4. The molecule has 0 N–H and O–H groups in total. The highest BCUT2D eigenvalue weighted by Crippen LogP contribution is 2.48. The number of fused-ring (bicyclic) bond motifs is 2. The molecule has 1 aliphatic heterocycles. The lowest BCUT2D eigenvalue weighted by atomic mass is 9.91. The molecule has 5 rings (SSSR count). The number of hydrogen-bond donors (Lipinski definition) is 0. The normalized spacial score (nSPS) is 14.4. The summed E-state index contributed by atoms with van der Waals surface area (Å²) in [6.07, 6.45) is 6.13. The average Bonchev–Trinajstić information content (AvgIpc) is 3.13. The van der Waals surface area contributed by atoms with E-state index in [9.17, 15) is 4.39 Å². The Morgan fingerprint density at radius 1 is 1.11 bits per heavy atom. The second-order valence-electron chi connectivity index (χ2n) is 11.3. The molecular formula is C31H36FN5. The van der Waals surface area contributed by atoms with Gasteiger partial charge in [-0.15, -0.1) is 0 Å². The number of halogens is 1. The predicted molar refractivity (Wildman–Crippen MR) is 151 cm³/mol. The van der Waals surface area contributed by atoms with Crippen LogP contribution in [0.2, 0.25) is 0 Å². The Morgan fingerprint density at radius 2 is 1.92 bits per heavy atom. The summed E-state index contributed by atoms with van der Waals surface area (Å²) in [5.74, 6) is 0.403. The minimum atomic E-state index is -0.295. The molecule has 192 valence electrons. The molecule has 4 heterocycles. The first-order chi connectivity index (χ1) is 17.7. The monoisotopic (exact) mass is 497 g/mol. The molecular weight excluding hydrogens is 461 g/mol. The molecule has 0 radical (unpaired) electrons. The van der Waals surface area contributed by atoms with Gasteiger partial charge in [-0.1, -0.05) is 33.8 Å². The summed E-state index contributed by atoms with van der Waals surface area (Å²) in [5, 5.41) is 0.929. The maximum Gasteiger partial charge on any atom is 0.125 e. The van der Waals surface area contributed by atoms with Gasteiger partial charge in [0.2, 0.25) is 0 Å². The quantitative estimate of drug-likeness (QED) is 0.265. The number of pyridine rings is 3. The van der Waals surface area contributed by atoms with Crippen molar-refractivity contribution in [1.82, 2.24) is 15.0 Å². The van der Waals surface area contributed by atoms with Gasteiger partial charge in [0, 0.05) is 48.8 Å². The summed E-state index contributed by atoms with van der Waals surface area (Å²) in [7, 11) is 2.14. The fourth-order valence-corrected chi connectivity index (χ4v) is 5.42. The van der Waals surface area contributed by atoms with Crippen LogP contribution in [0.1, 0.15) is 51.8 Å². The van der Waals surface area contributed by atoms with Gasteiger partial charge >= 0.3 is 0 Å². The van der Waals surface area contributed by atoms with Crippen molar-refractivity contribution in [1.29, 1.82) is 0 Å². The highest BCUT2D eigenvalue weighted by Gasteiger charge is 2.39. The first-order valence-corrected chi connectivity index (χ1v) is 13.2. The molecule has 37 heavy (non-hydrogen) atoms. The van der Waals surface area contributed by atoms with Crippen LogP contribution < -0.4 is 9.80 Å². The molecule has 0 spiro atoms. The Morgan fingerprint density at radius 3 is 2.65 bits per heavy atom. The van der Waals surface area contributed by atoms with Gasteiger partial charge in [0.1, 0.15) is 5.82 Å². The van der Waals surface area contributed by atoms with Crippen molar-refractivity contribution in [3.63, 3.8) is 0 Å². The van der Waals surface area contributed by atoms with Crippen molar-refractivity contribution in [2.45, 2.75) is 52.9 Å². The third-order valence-electron chi connectivity index (χ3n) is 7.39. The first kappa shape index (κ1) is 25.1. The van der Waals surface area contributed by atoms with E-state index in [0.717, 1.165) is 64.6 Å². The molecule has 0 amide bonds. The van der Waals surface area contributed by atoms with E-state index < -0.39 is 0 Å². The van der Waals surface area contributed by atoms with Gasteiger partial charge in [-0.05, 0) is 56.0 Å². The van der Waals surface area contributed by atoms with Gasteiger partial charge in [-0.25, -0.2) is 9.37 Å². The molecule has 1 aliphatic rings. The number of nitrogens with zero attached hydrogens (tertiary/aromatic N) is 5. The van der Waals surface area contributed by atoms with E-state index in [1.807, 2.05) is 30.5 Å². The van der Waals surface area contributed by atoms with Gasteiger partial charge in [0.25, 0.3) is 0 Å². The summed E-state index contributed by atoms with van der Waals surface area (Å²) in [6.45, 7) is 12.9. The van der Waals surface area contributed by atoms with E-state index in [1.54, 1.807) is 6.20 Å². The van der Waals surface area contributed by atoms with Crippen LogP contribution in [-0.4, -0.2) is 35.1 Å². The number of rotatable bonds is 7. The molecule has 0 atom stereocenters. The topological polar surface area (TPSA) is 45.2 Å². The van der Waals surface area contributed by atoms with Crippen LogP contribution in [0.3, 0.4) is 0 Å². The maximum atomic E-state index is 14.4. The minimum Gasteiger partial charge on any atom is -0.373 e. The van der Waals surface area contributed by atoms with Crippen LogP contribution in [0.5, 0.6) is 0 Å². The second-order valence-corrected chi connectivity index (χ2v) is 11.3. The lowest BCUT2D eigenvalue weighted by molar-refractivity contribution is 0.552. The highest BCUT2D eigenvalue weighted by molar-refractivity contribution is 5.99. The Balaban J connectivity index is 1.66. The first-order valence-electron chi connectivity index (χ1n) is 13.2. The van der Waals surface area contributed by atoms with Crippen LogP contribution in [0.25, 0.3) is 22.3 Å². The molecule has 5 nitrogen and oxygen atoms in total. The van der Waals surface area contributed by atoms with Crippen molar-refractivity contribution in [3.8, 4) is 11.4 Å². The summed E-state index contributed by atoms with van der Waals surface area (Å²) >= 11 is 0. The molecule has 0 aliphatic carbocycles. The zero-order chi connectivity index (χ0) is 26.3. The van der Waals surface area contributed by atoms with Crippen molar-refractivity contribution < 1.29 is 4.39 Å². The zero-order valence-electron chi connectivity index (χ0n) is 22.7. The number of hydrogen-bond acceptors (Lipinski definition) is 5. The van der Waals surface area contributed by atoms with Crippen LogP contribution in [0.15, 0.2) is 54.9 Å². The van der Waals surface area contributed by atoms with Crippen molar-refractivity contribution in [2.75, 3.05) is 29.9 Å². The number of benzene rings is 1. The molecule has 6 heteroatoms. The average molecular weight is 498 g/mol. The van der Waals surface area contributed by atoms with Gasteiger partial charge in [-0.3, -0.25) is 9.97 Å². The summed E-state index contributed by atoms with van der Waals surface area (Å²) in [4.78, 5) is 19.1. The summed E-state index contributed by atoms with van der Waals surface area (Å²) in [6, 6.07) is 13.0. The summed E-state index contributed by atoms with van der Waals surface area (Å²) in [5.41, 5.74) is 7.40. The minimum absolute atomic E-state index is 0.142. The molecule has 0 unspecified atom stereocenters. The molecule has 4 aromatic rings. The van der Waals surface area contributed by atoms with Gasteiger partial charge in [0.15, 0.2) is 0 Å². The Kier molecular flexibility index (Phi) is 6.61. The standard InChI is InChI=1S/C31H36FN5/c1-20(2)10-9-15-36(6)23-17-27-30(34-18-23)31(4,5)19-37(27)29-21(3)28(25-11-7-8-14-33-25)35-26-16-22(32)12-13-24(26)29/h7-8,11-14,16-18,20H,9-10,15,19H2,1-6H3. The van der Waals surface area contributed by atoms with Gasteiger partial charge in [-0.2, -0.15) is 0 Å². The predicted octanol–water partition coefficient (Wildman–Crippen LogP) is 7.44. The fourth-order valence-electron chi connectivity index (χ4n) is 5.42. The van der Waals surface area contributed by atoms with Crippen LogP contribution in [0.4, 0.5) is 21.5 Å². The Hall–Kier alpha value is -3.54. The molecule has 3 aromatic heterocycles. The molecule has 1 aromatic carbocycles. The zero-order valence-corrected chi connectivity index (χ0v) is 22.7. The Labute approximate surface area is 219 Å². The molecule has 0 bridgehead atoms. The van der Waals surface area contributed by atoms with Crippen LogP contribution in [-0.2, 0) is 5.41 Å². The van der Waals surface area contributed by atoms with Crippen LogP contribution >= 0.6 is 0 Å². The highest BCUT2D eigenvalue weighted by atomic mass is 19.1. The van der Waals surface area contributed by atoms with Crippen molar-refractivity contribution >= 4 is 28.0 Å². The number of anilines is 3. The van der Waals surface area contributed by atoms with Crippen molar-refractivity contribution in [2.24, 2.45) is 5.92 Å². The molecule has 0 saturated carbocycles.